The number of carbonyl (C=O) groups is 3. The van der Waals surface area contributed by atoms with Gasteiger partial charge in [-0.25, -0.2) is 4.79 Å². The fraction of sp³-hybridized carbons (Fsp3) is 0.571. The molecule has 0 bridgehead atoms. The molecule has 3 N–H and O–H groups in total. The number of hydrogen-bond acceptors (Lipinski definition) is 6. The number of rotatable bonds is 8. The summed E-state index contributed by atoms with van der Waals surface area (Å²) < 4.78 is 0. The molecule has 2 aliphatic rings. The van der Waals surface area contributed by atoms with Crippen LogP contribution in [-0.2, 0) is 14.4 Å². The lowest BCUT2D eigenvalue weighted by atomic mass is 9.96. The highest BCUT2D eigenvalue weighted by Crippen LogP contribution is 2.39. The third-order valence-corrected chi connectivity index (χ3v) is 8.86. The molecule has 9 heteroatoms. The molecule has 2 fully saturated rings. The Kier molecular flexibility index (Phi) is 8.07. The number of carboxylic acids is 2. The van der Waals surface area contributed by atoms with Crippen LogP contribution in [0.1, 0.15) is 31.2 Å². The van der Waals surface area contributed by atoms with Crippen molar-refractivity contribution >= 4 is 41.4 Å². The van der Waals surface area contributed by atoms with Gasteiger partial charge in [0.25, 0.3) is 0 Å². The molecule has 2 heterocycles. The molecule has 0 radical (unpaired) electrons. The third kappa shape index (κ3) is 5.50. The third-order valence-electron chi connectivity index (χ3n) is 5.69. The van der Waals surface area contributed by atoms with Crippen molar-refractivity contribution in [1.29, 1.82) is 0 Å². The molecule has 2 saturated heterocycles. The highest BCUT2D eigenvalue weighted by Gasteiger charge is 2.43. The van der Waals surface area contributed by atoms with Crippen molar-refractivity contribution in [2.24, 2.45) is 0 Å². The molecule has 164 valence electrons. The summed E-state index contributed by atoms with van der Waals surface area (Å²) in [4.78, 5) is 38.0. The first-order chi connectivity index (χ1) is 14.4. The Morgan fingerprint density at radius 2 is 1.80 bits per heavy atom. The molecule has 5 atom stereocenters. The lowest BCUT2D eigenvalue weighted by Gasteiger charge is -2.44. The molecule has 0 saturated carbocycles. The predicted octanol–water partition coefficient (Wildman–Crippen LogP) is 2.13. The van der Waals surface area contributed by atoms with Gasteiger partial charge in [-0.3, -0.25) is 9.59 Å². The number of likely N-dealkylation sites (tertiary alicyclic amines) is 1. The highest BCUT2D eigenvalue weighted by atomic mass is 32.2. The first-order valence-corrected chi connectivity index (χ1v) is 12.3. The van der Waals surface area contributed by atoms with Crippen LogP contribution in [0, 0.1) is 0 Å². The lowest BCUT2D eigenvalue weighted by Crippen LogP contribution is -2.59. The van der Waals surface area contributed by atoms with Gasteiger partial charge in [0.05, 0.1) is 12.0 Å². The van der Waals surface area contributed by atoms with Crippen molar-refractivity contribution in [1.82, 2.24) is 10.2 Å². The molecular formula is C21H28N2O5S2. The van der Waals surface area contributed by atoms with Crippen LogP contribution >= 0.6 is 23.5 Å². The monoisotopic (exact) mass is 452 g/mol. The molecular weight excluding hydrogens is 424 g/mol. The van der Waals surface area contributed by atoms with Gasteiger partial charge >= 0.3 is 11.9 Å². The summed E-state index contributed by atoms with van der Waals surface area (Å²) in [6, 6.07) is 7.65. The summed E-state index contributed by atoms with van der Waals surface area (Å²) in [6.07, 6.45) is 0.821. The molecule has 3 rings (SSSR count). The van der Waals surface area contributed by atoms with Gasteiger partial charge in [-0.05, 0) is 31.9 Å². The van der Waals surface area contributed by atoms with Crippen LogP contribution in [0.3, 0.4) is 0 Å². The molecule has 1 aromatic carbocycles. The van der Waals surface area contributed by atoms with Crippen molar-refractivity contribution in [3.8, 4) is 0 Å². The summed E-state index contributed by atoms with van der Waals surface area (Å²) in [7, 11) is 0. The smallest absolute Gasteiger partial charge is 0.326 e. The van der Waals surface area contributed by atoms with E-state index < -0.39 is 29.9 Å². The fourth-order valence-corrected chi connectivity index (χ4v) is 7.11. The molecule has 2 aliphatic heterocycles. The Morgan fingerprint density at radius 3 is 2.43 bits per heavy atom. The zero-order chi connectivity index (χ0) is 21.7. The summed E-state index contributed by atoms with van der Waals surface area (Å²) in [5, 5.41) is 22.9. The van der Waals surface area contributed by atoms with Crippen molar-refractivity contribution in [2.75, 3.05) is 24.6 Å². The molecule has 1 aromatic rings. The van der Waals surface area contributed by atoms with E-state index in [0.29, 0.717) is 25.9 Å². The van der Waals surface area contributed by atoms with E-state index in [2.05, 4.69) is 5.32 Å². The number of hydrogen-bond donors (Lipinski definition) is 3. The number of thioether (sulfide) groups is 2. The zero-order valence-electron chi connectivity index (χ0n) is 16.9. The molecule has 0 aliphatic carbocycles. The van der Waals surface area contributed by atoms with Crippen LogP contribution in [0.25, 0.3) is 0 Å². The summed E-state index contributed by atoms with van der Waals surface area (Å²) in [5.41, 5.74) is 0.727. The van der Waals surface area contributed by atoms with Gasteiger partial charge < -0.3 is 20.4 Å². The van der Waals surface area contributed by atoms with E-state index in [1.807, 2.05) is 41.7 Å². The summed E-state index contributed by atoms with van der Waals surface area (Å²) >= 11 is 3.64. The second-order valence-corrected chi connectivity index (χ2v) is 10.4. The average Bonchev–Trinajstić information content (AvgIpc) is 2.75. The van der Waals surface area contributed by atoms with E-state index in [1.54, 1.807) is 19.1 Å². The molecule has 0 spiro atoms. The predicted molar refractivity (Wildman–Crippen MR) is 119 cm³/mol. The molecule has 7 nitrogen and oxygen atoms in total. The van der Waals surface area contributed by atoms with E-state index in [4.69, 9.17) is 0 Å². The van der Waals surface area contributed by atoms with Crippen molar-refractivity contribution in [3.05, 3.63) is 35.9 Å². The molecule has 1 amide bonds. The maximum absolute atomic E-state index is 13.0. The lowest BCUT2D eigenvalue weighted by molar-refractivity contribution is -0.152. The van der Waals surface area contributed by atoms with E-state index in [0.717, 1.165) is 17.1 Å². The van der Waals surface area contributed by atoms with Crippen LogP contribution in [0.15, 0.2) is 30.3 Å². The maximum Gasteiger partial charge on any atom is 0.326 e. The minimum Gasteiger partial charge on any atom is -0.481 e. The van der Waals surface area contributed by atoms with Gasteiger partial charge in [-0.1, -0.05) is 30.3 Å². The Hall–Kier alpha value is -1.71. The van der Waals surface area contributed by atoms with E-state index in [9.17, 15) is 24.6 Å². The molecule has 0 aromatic heterocycles. The van der Waals surface area contributed by atoms with Crippen LogP contribution in [0.5, 0.6) is 0 Å². The zero-order valence-corrected chi connectivity index (χ0v) is 18.5. The molecule has 4 unspecified atom stereocenters. The van der Waals surface area contributed by atoms with Crippen LogP contribution in [-0.4, -0.2) is 80.1 Å². The number of carboxylic acid groups (broad SMARTS) is 2. The van der Waals surface area contributed by atoms with Gasteiger partial charge in [0.2, 0.25) is 5.91 Å². The SMILES string of the molecule is C[C@H](NCCC(C(=O)O)c1ccccc1)C(=O)N1CC2SCCSC2CC1C(=O)O. The van der Waals surface area contributed by atoms with Crippen molar-refractivity contribution < 1.29 is 24.6 Å². The van der Waals surface area contributed by atoms with E-state index in [-0.39, 0.29) is 16.4 Å². The van der Waals surface area contributed by atoms with Gasteiger partial charge in [0.15, 0.2) is 0 Å². The summed E-state index contributed by atoms with van der Waals surface area (Å²) in [5.74, 6) is -0.698. The number of piperidine rings is 1. The Balaban J connectivity index is 1.58. The Labute approximate surface area is 185 Å². The average molecular weight is 453 g/mol. The molecule has 30 heavy (non-hydrogen) atoms. The number of nitrogens with one attached hydrogen (secondary N) is 1. The Bertz CT molecular complexity index is 763. The number of carbonyl (C=O) groups excluding carboxylic acids is 1. The maximum atomic E-state index is 13.0. The number of fused-ring (bicyclic) bond motifs is 1. The second-order valence-electron chi connectivity index (χ2n) is 7.66. The van der Waals surface area contributed by atoms with Crippen molar-refractivity contribution in [3.63, 3.8) is 0 Å². The fourth-order valence-electron chi connectivity index (χ4n) is 4.05. The first kappa shape index (κ1) is 23.0. The number of aliphatic carboxylic acids is 2. The van der Waals surface area contributed by atoms with Crippen LogP contribution < -0.4 is 5.32 Å². The highest BCUT2D eigenvalue weighted by molar-refractivity contribution is 8.07. The van der Waals surface area contributed by atoms with Gasteiger partial charge in [0, 0.05) is 28.6 Å². The first-order valence-electron chi connectivity index (χ1n) is 10.2. The second kappa shape index (κ2) is 10.5. The Morgan fingerprint density at radius 1 is 1.13 bits per heavy atom. The number of nitrogens with zero attached hydrogens (tertiary/aromatic N) is 1. The number of amides is 1. The quantitative estimate of drug-likeness (QED) is 0.551. The van der Waals surface area contributed by atoms with Gasteiger partial charge in [0.1, 0.15) is 6.04 Å². The largest absolute Gasteiger partial charge is 0.481 e. The number of benzene rings is 1. The topological polar surface area (TPSA) is 107 Å². The van der Waals surface area contributed by atoms with Crippen molar-refractivity contribution in [2.45, 2.75) is 48.3 Å². The minimum absolute atomic E-state index is 0.233. The van der Waals surface area contributed by atoms with E-state index >= 15 is 0 Å². The van der Waals surface area contributed by atoms with Crippen LogP contribution in [0.4, 0.5) is 0 Å². The van der Waals surface area contributed by atoms with E-state index in [1.165, 1.54) is 4.90 Å². The summed E-state index contributed by atoms with van der Waals surface area (Å²) in [6.45, 7) is 2.52. The standard InChI is InChI=1S/C21H28N2O5S2/c1-13(22-8-7-15(20(25)26)14-5-3-2-4-6-14)19(24)23-12-18-17(29-9-10-30-18)11-16(23)21(27)28/h2-6,13,15-18,22H,7-12H2,1H3,(H,25,26)(H,27,28)/t13-,15?,16?,17?,18?/m0/s1. The van der Waals surface area contributed by atoms with Crippen LogP contribution in [0.2, 0.25) is 0 Å². The minimum atomic E-state index is -0.958. The van der Waals surface area contributed by atoms with Gasteiger partial charge in [-0.15, -0.1) is 0 Å². The normalized spacial score (nSPS) is 25.8. The van der Waals surface area contributed by atoms with Gasteiger partial charge in [-0.2, -0.15) is 23.5 Å².